The zero-order valence-corrected chi connectivity index (χ0v) is 12.6. The molecule has 5 nitrogen and oxygen atoms in total. The van der Waals surface area contributed by atoms with Gasteiger partial charge in [0.25, 0.3) is 0 Å². The third kappa shape index (κ3) is 2.60. The van der Waals surface area contributed by atoms with Crippen LogP contribution in [0.2, 0.25) is 0 Å². The first-order chi connectivity index (χ1) is 10.4. The molecule has 0 unspecified atom stereocenters. The molecular formula is C15H17N3O2S. The Balaban J connectivity index is 1.48. The molecule has 0 bridgehead atoms. The summed E-state index contributed by atoms with van der Waals surface area (Å²) in [7, 11) is 0. The van der Waals surface area contributed by atoms with E-state index in [9.17, 15) is 0 Å². The Morgan fingerprint density at radius 3 is 3.05 bits per heavy atom. The van der Waals surface area contributed by atoms with Crippen LogP contribution in [-0.2, 0) is 18.7 Å². The molecule has 1 aromatic carbocycles. The molecule has 6 heteroatoms. The molecule has 0 amide bonds. The molecule has 2 aromatic rings. The molecule has 0 radical (unpaired) electrons. The van der Waals surface area contributed by atoms with Crippen molar-refractivity contribution in [2.45, 2.75) is 43.1 Å². The van der Waals surface area contributed by atoms with Gasteiger partial charge in [0.2, 0.25) is 6.79 Å². The lowest BCUT2D eigenvalue weighted by atomic mass is 10.2. The summed E-state index contributed by atoms with van der Waals surface area (Å²) >= 11 is 1.74. The van der Waals surface area contributed by atoms with E-state index in [0.29, 0.717) is 6.79 Å². The predicted molar refractivity (Wildman–Crippen MR) is 79.7 cm³/mol. The van der Waals surface area contributed by atoms with E-state index in [1.54, 1.807) is 11.8 Å². The molecule has 0 saturated carbocycles. The minimum absolute atomic E-state index is 0.323. The summed E-state index contributed by atoms with van der Waals surface area (Å²) in [4.78, 5) is 0. The van der Waals surface area contributed by atoms with Gasteiger partial charge in [-0.1, -0.05) is 24.2 Å². The molecule has 3 heterocycles. The van der Waals surface area contributed by atoms with E-state index in [-0.39, 0.29) is 0 Å². The average Bonchev–Trinajstić information content (AvgIpc) is 3.05. The molecule has 0 spiro atoms. The van der Waals surface area contributed by atoms with Gasteiger partial charge in [0, 0.05) is 18.7 Å². The largest absolute Gasteiger partial charge is 0.454 e. The Morgan fingerprint density at radius 2 is 2.05 bits per heavy atom. The first-order valence-electron chi connectivity index (χ1n) is 7.33. The maximum absolute atomic E-state index is 5.42. The summed E-state index contributed by atoms with van der Waals surface area (Å²) < 4.78 is 13.0. The Morgan fingerprint density at radius 1 is 1.10 bits per heavy atom. The van der Waals surface area contributed by atoms with Gasteiger partial charge in [0.05, 0.1) is 0 Å². The molecule has 2 aliphatic heterocycles. The lowest BCUT2D eigenvalue weighted by molar-refractivity contribution is 0.174. The van der Waals surface area contributed by atoms with Crippen molar-refractivity contribution in [1.82, 2.24) is 14.8 Å². The molecule has 0 aliphatic carbocycles. The Hall–Kier alpha value is -1.69. The first-order valence-corrected chi connectivity index (χ1v) is 8.32. The zero-order chi connectivity index (χ0) is 14.1. The second kappa shape index (κ2) is 5.60. The summed E-state index contributed by atoms with van der Waals surface area (Å²) in [6.45, 7) is 1.37. The molecule has 0 atom stereocenters. The van der Waals surface area contributed by atoms with Gasteiger partial charge in [-0.2, -0.15) is 0 Å². The van der Waals surface area contributed by atoms with Gasteiger partial charge in [-0.15, -0.1) is 10.2 Å². The van der Waals surface area contributed by atoms with Crippen LogP contribution in [0.15, 0.2) is 23.4 Å². The first kappa shape index (κ1) is 13.0. The van der Waals surface area contributed by atoms with Crippen LogP contribution in [0.25, 0.3) is 0 Å². The van der Waals surface area contributed by atoms with E-state index in [4.69, 9.17) is 9.47 Å². The molecule has 2 aliphatic rings. The molecule has 110 valence electrons. The fourth-order valence-electron chi connectivity index (χ4n) is 2.74. The van der Waals surface area contributed by atoms with Crippen LogP contribution in [0.5, 0.6) is 11.5 Å². The molecule has 0 N–H and O–H groups in total. The van der Waals surface area contributed by atoms with Gasteiger partial charge in [-0.05, 0) is 30.5 Å². The van der Waals surface area contributed by atoms with E-state index in [2.05, 4.69) is 26.9 Å². The van der Waals surface area contributed by atoms with Crippen molar-refractivity contribution in [2.75, 3.05) is 6.79 Å². The highest BCUT2D eigenvalue weighted by molar-refractivity contribution is 7.98. The maximum atomic E-state index is 5.42. The standard InChI is InChI=1S/C15H17N3O2S/c1-2-4-14-16-17-15(18(14)7-3-1)21-9-11-5-6-12-13(8-11)20-10-19-12/h5-6,8H,1-4,7,9-10H2. The highest BCUT2D eigenvalue weighted by Gasteiger charge is 2.16. The Kier molecular flexibility index (Phi) is 3.47. The van der Waals surface area contributed by atoms with Crippen molar-refractivity contribution in [3.63, 3.8) is 0 Å². The second-order valence-electron chi connectivity index (χ2n) is 5.34. The van der Waals surface area contributed by atoms with E-state index >= 15 is 0 Å². The highest BCUT2D eigenvalue weighted by Crippen LogP contribution is 2.34. The van der Waals surface area contributed by atoms with E-state index < -0.39 is 0 Å². The van der Waals surface area contributed by atoms with Gasteiger partial charge in [0.15, 0.2) is 16.7 Å². The minimum atomic E-state index is 0.323. The van der Waals surface area contributed by atoms with E-state index in [1.807, 2.05) is 6.07 Å². The van der Waals surface area contributed by atoms with Crippen LogP contribution in [0.4, 0.5) is 0 Å². The van der Waals surface area contributed by atoms with Gasteiger partial charge < -0.3 is 14.0 Å². The van der Waals surface area contributed by atoms with E-state index in [0.717, 1.165) is 41.2 Å². The third-order valence-corrected chi connectivity index (χ3v) is 4.92. The normalized spacial score (nSPS) is 16.6. The van der Waals surface area contributed by atoms with Crippen molar-refractivity contribution in [3.8, 4) is 11.5 Å². The lowest BCUT2D eigenvalue weighted by Gasteiger charge is -2.06. The van der Waals surface area contributed by atoms with Crippen molar-refractivity contribution < 1.29 is 9.47 Å². The fourth-order valence-corrected chi connectivity index (χ4v) is 3.67. The van der Waals surface area contributed by atoms with Crippen molar-refractivity contribution in [1.29, 1.82) is 0 Å². The smallest absolute Gasteiger partial charge is 0.231 e. The topological polar surface area (TPSA) is 49.2 Å². The average molecular weight is 303 g/mol. The number of hydrogen-bond acceptors (Lipinski definition) is 5. The number of benzene rings is 1. The quantitative estimate of drug-likeness (QED) is 0.816. The SMILES string of the molecule is c1cc2c(cc1CSc1nnc3n1CCCCC3)OCO2. The second-order valence-corrected chi connectivity index (χ2v) is 6.28. The monoisotopic (exact) mass is 303 g/mol. The predicted octanol–water partition coefficient (Wildman–Crippen LogP) is 3.03. The van der Waals surface area contributed by atoms with Gasteiger partial charge in [-0.25, -0.2) is 0 Å². The van der Waals surface area contributed by atoms with Crippen LogP contribution < -0.4 is 9.47 Å². The molecule has 1 aromatic heterocycles. The molecule has 21 heavy (non-hydrogen) atoms. The van der Waals surface area contributed by atoms with Crippen LogP contribution in [-0.4, -0.2) is 21.6 Å². The van der Waals surface area contributed by atoms with Crippen molar-refractivity contribution in [3.05, 3.63) is 29.6 Å². The lowest BCUT2D eigenvalue weighted by Crippen LogP contribution is -2.02. The van der Waals surface area contributed by atoms with Gasteiger partial charge >= 0.3 is 0 Å². The summed E-state index contributed by atoms with van der Waals surface area (Å²) in [5, 5.41) is 9.71. The van der Waals surface area contributed by atoms with E-state index in [1.165, 1.54) is 24.8 Å². The van der Waals surface area contributed by atoms with Gasteiger partial charge in [0.1, 0.15) is 5.82 Å². The molecule has 0 saturated heterocycles. The number of ether oxygens (including phenoxy) is 2. The summed E-state index contributed by atoms with van der Waals surface area (Å²) in [6, 6.07) is 6.11. The molecular weight excluding hydrogens is 286 g/mol. The summed E-state index contributed by atoms with van der Waals surface area (Å²) in [6.07, 6.45) is 4.79. The number of rotatable bonds is 3. The fraction of sp³-hybridized carbons (Fsp3) is 0.467. The van der Waals surface area contributed by atoms with Crippen molar-refractivity contribution >= 4 is 11.8 Å². The number of fused-ring (bicyclic) bond motifs is 2. The van der Waals surface area contributed by atoms with Crippen molar-refractivity contribution in [2.24, 2.45) is 0 Å². The number of nitrogens with zero attached hydrogens (tertiary/aromatic N) is 3. The summed E-state index contributed by atoms with van der Waals surface area (Å²) in [5.74, 6) is 3.68. The Bertz CT molecular complexity index is 656. The third-order valence-electron chi connectivity index (χ3n) is 3.88. The van der Waals surface area contributed by atoms with Gasteiger partial charge in [-0.3, -0.25) is 0 Å². The number of hydrogen-bond donors (Lipinski definition) is 0. The summed E-state index contributed by atoms with van der Waals surface area (Å²) in [5.41, 5.74) is 1.22. The minimum Gasteiger partial charge on any atom is -0.454 e. The van der Waals surface area contributed by atoms with Crippen LogP contribution in [0.1, 0.15) is 30.7 Å². The zero-order valence-electron chi connectivity index (χ0n) is 11.7. The highest BCUT2D eigenvalue weighted by atomic mass is 32.2. The Labute approximate surface area is 127 Å². The van der Waals surface area contributed by atoms with Crippen LogP contribution in [0, 0.1) is 0 Å². The molecule has 4 rings (SSSR count). The molecule has 0 fully saturated rings. The number of aryl methyl sites for hydroxylation is 1. The maximum Gasteiger partial charge on any atom is 0.231 e. The van der Waals surface area contributed by atoms with Crippen LogP contribution in [0.3, 0.4) is 0 Å². The number of thioether (sulfide) groups is 1. The number of aromatic nitrogens is 3. The van der Waals surface area contributed by atoms with Crippen LogP contribution >= 0.6 is 11.8 Å².